The molecule has 3 nitrogen and oxygen atoms in total. The van der Waals surface area contributed by atoms with Crippen LogP contribution in [-0.2, 0) is 14.9 Å². The van der Waals surface area contributed by atoms with Gasteiger partial charge in [0.1, 0.15) is 0 Å². The summed E-state index contributed by atoms with van der Waals surface area (Å²) >= 11 is 0. The maximum Gasteiger partial charge on any atom is 0.180 e. The third kappa shape index (κ3) is 32.8. The lowest BCUT2D eigenvalue weighted by atomic mass is 10.4. The third-order valence-corrected chi connectivity index (χ3v) is 0.616. The average molecular weight is 134 g/mol. The molecule has 3 heteroatoms. The van der Waals surface area contributed by atoms with E-state index in [4.69, 9.17) is 5.11 Å². The minimum absolute atomic E-state index is 0.0938. The minimum atomic E-state index is -0.431. The van der Waals surface area contributed by atoms with Crippen LogP contribution in [0.1, 0.15) is 19.8 Å². The van der Waals surface area contributed by atoms with E-state index in [1.165, 1.54) is 7.11 Å². The number of rotatable bonds is 3. The molecule has 0 rings (SSSR count). The highest BCUT2D eigenvalue weighted by atomic mass is 16.6. The molecule has 56 valence electrons. The molecular formula is C6H14O3. The van der Waals surface area contributed by atoms with Crippen molar-refractivity contribution in [3.05, 3.63) is 0 Å². The number of hydrogen-bond acceptors (Lipinski definition) is 1. The van der Waals surface area contributed by atoms with Crippen LogP contribution < -0.4 is 0 Å². The Balaban J connectivity index is 0. The summed E-state index contributed by atoms with van der Waals surface area (Å²) in [6.07, 6.45) is 1.86. The standard InChI is InChI=1S/C4H9O.C2H5O2/c1-2-3-4-5;1-4-2-3/h2-4H2,1H3;2H2,1H3. The molecule has 0 aliphatic rings. The van der Waals surface area contributed by atoms with Crippen LogP contribution in [-0.4, -0.2) is 20.5 Å². The second-order valence-electron chi connectivity index (χ2n) is 1.46. The van der Waals surface area contributed by atoms with Gasteiger partial charge in [-0.15, -0.1) is 0 Å². The topological polar surface area (TPSA) is 49.0 Å². The van der Waals surface area contributed by atoms with Gasteiger partial charge in [0.2, 0.25) is 0 Å². The summed E-state index contributed by atoms with van der Waals surface area (Å²) in [5, 5.41) is 18.6. The van der Waals surface area contributed by atoms with Gasteiger partial charge in [-0.1, -0.05) is 13.3 Å². The van der Waals surface area contributed by atoms with Crippen molar-refractivity contribution in [3.8, 4) is 0 Å². The molecule has 0 N–H and O–H groups in total. The first-order chi connectivity index (χ1) is 4.33. The van der Waals surface area contributed by atoms with E-state index in [0.29, 0.717) is 0 Å². The van der Waals surface area contributed by atoms with Crippen LogP contribution in [0.4, 0.5) is 0 Å². The highest BCUT2D eigenvalue weighted by Crippen LogP contribution is 1.79. The van der Waals surface area contributed by atoms with E-state index in [0.717, 1.165) is 12.8 Å². The molecule has 0 heterocycles. The van der Waals surface area contributed by atoms with Gasteiger partial charge < -0.3 is 4.74 Å². The van der Waals surface area contributed by atoms with Crippen LogP contribution in [0.15, 0.2) is 0 Å². The Bertz CT molecular complexity index is 27.5. The van der Waals surface area contributed by atoms with Crippen LogP contribution in [0.5, 0.6) is 0 Å². The molecule has 0 aromatic rings. The van der Waals surface area contributed by atoms with Crippen LogP contribution in [0.3, 0.4) is 0 Å². The largest absolute Gasteiger partial charge is 0.355 e. The Kier molecular flexibility index (Phi) is 20.3. The molecule has 2 radical (unpaired) electrons. The van der Waals surface area contributed by atoms with Crippen LogP contribution in [0.2, 0.25) is 0 Å². The van der Waals surface area contributed by atoms with Gasteiger partial charge >= 0.3 is 0 Å². The van der Waals surface area contributed by atoms with Crippen molar-refractivity contribution in [1.29, 1.82) is 0 Å². The number of methoxy groups -OCH3 is 1. The SMILES string of the molecule is CCCC[O].COC[O]. The normalized spacial score (nSPS) is 8.00. The van der Waals surface area contributed by atoms with Crippen LogP contribution in [0, 0.1) is 0 Å². The maximum atomic E-state index is 9.53. The van der Waals surface area contributed by atoms with Crippen molar-refractivity contribution in [2.75, 3.05) is 20.5 Å². The molecule has 0 unspecified atom stereocenters. The van der Waals surface area contributed by atoms with Gasteiger partial charge in [0, 0.05) is 7.11 Å². The van der Waals surface area contributed by atoms with E-state index in [9.17, 15) is 5.11 Å². The van der Waals surface area contributed by atoms with Gasteiger partial charge in [-0.2, -0.15) is 0 Å². The Labute approximate surface area is 56.3 Å². The van der Waals surface area contributed by atoms with E-state index < -0.39 is 6.79 Å². The van der Waals surface area contributed by atoms with Crippen molar-refractivity contribution in [2.24, 2.45) is 0 Å². The zero-order valence-electron chi connectivity index (χ0n) is 6.05. The molecular weight excluding hydrogens is 120 g/mol. The van der Waals surface area contributed by atoms with Crippen molar-refractivity contribution < 1.29 is 14.9 Å². The highest BCUT2D eigenvalue weighted by Gasteiger charge is 1.71. The zero-order chi connectivity index (χ0) is 7.54. The smallest absolute Gasteiger partial charge is 0.180 e. The molecule has 0 aliphatic carbocycles. The quantitative estimate of drug-likeness (QED) is 0.535. The predicted molar refractivity (Wildman–Crippen MR) is 33.0 cm³/mol. The molecule has 0 atom stereocenters. The maximum absolute atomic E-state index is 9.53. The number of ether oxygens (including phenoxy) is 1. The van der Waals surface area contributed by atoms with E-state index in [2.05, 4.69) is 4.74 Å². The summed E-state index contributed by atoms with van der Waals surface area (Å²) in [5.41, 5.74) is 0. The Morgan fingerprint density at radius 1 is 1.33 bits per heavy atom. The fraction of sp³-hybridized carbons (Fsp3) is 1.00. The first-order valence-electron chi connectivity index (χ1n) is 2.98. The summed E-state index contributed by atoms with van der Waals surface area (Å²) in [7, 11) is 1.37. The summed E-state index contributed by atoms with van der Waals surface area (Å²) in [5.74, 6) is 0. The summed E-state index contributed by atoms with van der Waals surface area (Å²) in [6, 6.07) is 0. The van der Waals surface area contributed by atoms with Crippen molar-refractivity contribution in [2.45, 2.75) is 19.8 Å². The second-order valence-corrected chi connectivity index (χ2v) is 1.46. The van der Waals surface area contributed by atoms with Crippen LogP contribution in [0.25, 0.3) is 0 Å². The predicted octanol–water partition coefficient (Wildman–Crippen LogP) is 1.24. The van der Waals surface area contributed by atoms with Crippen molar-refractivity contribution in [3.63, 3.8) is 0 Å². The number of hydrogen-bond donors (Lipinski definition) is 0. The average Bonchev–Trinajstić information content (AvgIpc) is 1.91. The van der Waals surface area contributed by atoms with Gasteiger partial charge in [-0.3, -0.25) is 0 Å². The molecule has 0 amide bonds. The lowest BCUT2D eigenvalue weighted by molar-refractivity contribution is -0.0165. The summed E-state index contributed by atoms with van der Waals surface area (Å²) in [4.78, 5) is 0. The van der Waals surface area contributed by atoms with Crippen LogP contribution >= 0.6 is 0 Å². The Hall–Kier alpha value is -0.120. The molecule has 0 saturated heterocycles. The molecule has 0 aromatic heterocycles. The highest BCUT2D eigenvalue weighted by molar-refractivity contribution is 4.22. The van der Waals surface area contributed by atoms with Gasteiger partial charge in [0.05, 0.1) is 6.61 Å². The first-order valence-corrected chi connectivity index (χ1v) is 2.98. The lowest BCUT2D eigenvalue weighted by Crippen LogP contribution is -1.76. The van der Waals surface area contributed by atoms with Crippen molar-refractivity contribution in [1.82, 2.24) is 0 Å². The number of unbranched alkanes of at least 4 members (excludes halogenated alkanes) is 1. The molecule has 0 fully saturated rings. The van der Waals surface area contributed by atoms with Gasteiger partial charge in [0.15, 0.2) is 6.79 Å². The molecule has 0 aromatic carbocycles. The molecule has 0 saturated carbocycles. The minimum Gasteiger partial charge on any atom is -0.355 e. The molecule has 0 spiro atoms. The lowest BCUT2D eigenvalue weighted by Gasteiger charge is -1.76. The second kappa shape index (κ2) is 15.7. The Morgan fingerprint density at radius 3 is 1.78 bits per heavy atom. The monoisotopic (exact) mass is 134 g/mol. The fourth-order valence-electron chi connectivity index (χ4n) is 0.144. The van der Waals surface area contributed by atoms with Crippen molar-refractivity contribution >= 4 is 0 Å². The summed E-state index contributed by atoms with van der Waals surface area (Å²) < 4.78 is 3.99. The summed E-state index contributed by atoms with van der Waals surface area (Å²) in [6.45, 7) is 1.68. The fourth-order valence-corrected chi connectivity index (χ4v) is 0.144. The Morgan fingerprint density at radius 2 is 1.78 bits per heavy atom. The van der Waals surface area contributed by atoms with Gasteiger partial charge in [0.25, 0.3) is 0 Å². The first kappa shape index (κ1) is 11.6. The third-order valence-electron chi connectivity index (χ3n) is 0.616. The molecule has 0 bridgehead atoms. The van der Waals surface area contributed by atoms with E-state index in [1.807, 2.05) is 6.92 Å². The molecule has 9 heavy (non-hydrogen) atoms. The van der Waals surface area contributed by atoms with E-state index in [-0.39, 0.29) is 6.61 Å². The molecule has 0 aliphatic heterocycles. The van der Waals surface area contributed by atoms with E-state index in [1.54, 1.807) is 0 Å². The van der Waals surface area contributed by atoms with Gasteiger partial charge in [-0.25, -0.2) is 10.2 Å². The zero-order valence-corrected chi connectivity index (χ0v) is 6.05. The van der Waals surface area contributed by atoms with Gasteiger partial charge in [-0.05, 0) is 6.42 Å². The van der Waals surface area contributed by atoms with E-state index >= 15 is 0 Å².